The van der Waals surface area contributed by atoms with Gasteiger partial charge < -0.3 is 10.6 Å². The predicted octanol–water partition coefficient (Wildman–Crippen LogP) is 2.93. The van der Waals surface area contributed by atoms with Crippen molar-refractivity contribution < 1.29 is 4.79 Å². The standard InChI is InChI=1S/C15H22N2OS/c1-11-5-4-6-12(16)13(11)14(18)17-8-7-15(2,3)19-10-9-17/h4-6H,7-10,16H2,1-3H3. The summed E-state index contributed by atoms with van der Waals surface area (Å²) in [6.07, 6.45) is 1.02. The van der Waals surface area contributed by atoms with Crippen LogP contribution in [0.2, 0.25) is 0 Å². The van der Waals surface area contributed by atoms with Crippen LogP contribution in [0.1, 0.15) is 36.2 Å². The lowest BCUT2D eigenvalue weighted by molar-refractivity contribution is 0.0765. The van der Waals surface area contributed by atoms with Gasteiger partial charge in [-0.3, -0.25) is 4.79 Å². The number of hydrogen-bond acceptors (Lipinski definition) is 3. The molecule has 0 radical (unpaired) electrons. The van der Waals surface area contributed by atoms with Crippen LogP contribution in [0.3, 0.4) is 0 Å². The summed E-state index contributed by atoms with van der Waals surface area (Å²) in [7, 11) is 0. The number of anilines is 1. The molecule has 0 bridgehead atoms. The van der Waals surface area contributed by atoms with Crippen LogP contribution >= 0.6 is 11.8 Å². The minimum atomic E-state index is 0.0777. The quantitative estimate of drug-likeness (QED) is 0.803. The Morgan fingerprint density at radius 2 is 2.11 bits per heavy atom. The van der Waals surface area contributed by atoms with Crippen molar-refractivity contribution >= 4 is 23.4 Å². The number of amides is 1. The molecule has 1 aliphatic rings. The van der Waals surface area contributed by atoms with E-state index in [9.17, 15) is 4.79 Å². The van der Waals surface area contributed by atoms with E-state index in [2.05, 4.69) is 13.8 Å². The molecule has 0 spiro atoms. The Bertz CT molecular complexity index is 465. The van der Waals surface area contributed by atoms with Crippen molar-refractivity contribution in [3.63, 3.8) is 0 Å². The normalized spacial score (nSPS) is 19.0. The summed E-state index contributed by atoms with van der Waals surface area (Å²) in [6.45, 7) is 8.05. The van der Waals surface area contributed by atoms with E-state index in [0.29, 0.717) is 11.3 Å². The Morgan fingerprint density at radius 3 is 2.79 bits per heavy atom. The van der Waals surface area contributed by atoms with Crippen molar-refractivity contribution in [1.29, 1.82) is 0 Å². The maximum Gasteiger partial charge on any atom is 0.256 e. The molecule has 0 aromatic heterocycles. The first-order valence-corrected chi connectivity index (χ1v) is 7.67. The van der Waals surface area contributed by atoms with Gasteiger partial charge in [-0.25, -0.2) is 0 Å². The maximum absolute atomic E-state index is 12.6. The molecule has 19 heavy (non-hydrogen) atoms. The molecule has 1 fully saturated rings. The highest BCUT2D eigenvalue weighted by Crippen LogP contribution is 2.31. The number of aryl methyl sites for hydroxylation is 1. The molecule has 3 nitrogen and oxygen atoms in total. The van der Waals surface area contributed by atoms with Crippen LogP contribution in [0.25, 0.3) is 0 Å². The molecule has 4 heteroatoms. The lowest BCUT2D eigenvalue weighted by Gasteiger charge is -2.23. The molecule has 1 amide bonds. The summed E-state index contributed by atoms with van der Waals surface area (Å²) < 4.78 is 0.256. The van der Waals surface area contributed by atoms with E-state index >= 15 is 0 Å². The van der Waals surface area contributed by atoms with Gasteiger partial charge in [-0.05, 0) is 25.0 Å². The van der Waals surface area contributed by atoms with Crippen molar-refractivity contribution in [2.45, 2.75) is 31.9 Å². The fourth-order valence-electron chi connectivity index (χ4n) is 2.36. The highest BCUT2D eigenvalue weighted by molar-refractivity contribution is 8.00. The summed E-state index contributed by atoms with van der Waals surface area (Å²) >= 11 is 1.94. The van der Waals surface area contributed by atoms with Gasteiger partial charge in [0.05, 0.1) is 5.56 Å². The molecule has 1 aromatic carbocycles. The number of nitrogens with two attached hydrogens (primary N) is 1. The molecule has 2 rings (SSSR count). The number of rotatable bonds is 1. The largest absolute Gasteiger partial charge is 0.398 e. The Hall–Kier alpha value is -1.16. The highest BCUT2D eigenvalue weighted by atomic mass is 32.2. The van der Waals surface area contributed by atoms with E-state index in [-0.39, 0.29) is 10.7 Å². The summed E-state index contributed by atoms with van der Waals surface area (Å²) in [5.74, 6) is 1.07. The van der Waals surface area contributed by atoms with Crippen molar-refractivity contribution in [3.05, 3.63) is 29.3 Å². The molecule has 0 atom stereocenters. The monoisotopic (exact) mass is 278 g/mol. The van der Waals surface area contributed by atoms with Crippen LogP contribution in [0, 0.1) is 6.92 Å². The molecule has 2 N–H and O–H groups in total. The molecule has 104 valence electrons. The molecule has 1 aliphatic heterocycles. The van der Waals surface area contributed by atoms with Gasteiger partial charge in [-0.2, -0.15) is 11.8 Å². The lowest BCUT2D eigenvalue weighted by atomic mass is 10.0. The predicted molar refractivity (Wildman–Crippen MR) is 82.6 cm³/mol. The van der Waals surface area contributed by atoms with Crippen molar-refractivity contribution in [1.82, 2.24) is 4.90 Å². The zero-order valence-corrected chi connectivity index (χ0v) is 12.7. The van der Waals surface area contributed by atoms with Gasteiger partial charge in [0.1, 0.15) is 0 Å². The number of carbonyl (C=O) groups is 1. The smallest absolute Gasteiger partial charge is 0.256 e. The number of benzene rings is 1. The molecule has 0 saturated carbocycles. The first kappa shape index (κ1) is 14.3. The van der Waals surface area contributed by atoms with Gasteiger partial charge >= 0.3 is 0 Å². The van der Waals surface area contributed by atoms with Gasteiger partial charge in [-0.15, -0.1) is 0 Å². The topological polar surface area (TPSA) is 46.3 Å². The van der Waals surface area contributed by atoms with Crippen LogP contribution in [0.15, 0.2) is 18.2 Å². The zero-order valence-electron chi connectivity index (χ0n) is 11.9. The molecule has 1 heterocycles. The second-order valence-corrected chi connectivity index (χ2v) is 7.49. The summed E-state index contributed by atoms with van der Waals surface area (Å²) in [5, 5.41) is 0. The minimum absolute atomic E-state index is 0.0777. The first-order chi connectivity index (χ1) is 8.91. The highest BCUT2D eigenvalue weighted by Gasteiger charge is 2.27. The molecule has 0 aliphatic carbocycles. The lowest BCUT2D eigenvalue weighted by Crippen LogP contribution is -2.34. The van der Waals surface area contributed by atoms with Crippen LogP contribution < -0.4 is 5.73 Å². The molecule has 1 aromatic rings. The fraction of sp³-hybridized carbons (Fsp3) is 0.533. The number of nitrogen functional groups attached to an aromatic ring is 1. The third-order valence-electron chi connectivity index (χ3n) is 3.64. The van der Waals surface area contributed by atoms with Crippen molar-refractivity contribution in [2.24, 2.45) is 0 Å². The van der Waals surface area contributed by atoms with E-state index in [4.69, 9.17) is 5.73 Å². The van der Waals surface area contributed by atoms with E-state index < -0.39 is 0 Å². The second kappa shape index (κ2) is 5.45. The average Bonchev–Trinajstić information content (AvgIpc) is 2.50. The zero-order chi connectivity index (χ0) is 14.0. The summed E-state index contributed by atoms with van der Waals surface area (Å²) in [6, 6.07) is 5.64. The SMILES string of the molecule is Cc1cccc(N)c1C(=O)N1CCSC(C)(C)CC1. The average molecular weight is 278 g/mol. The van der Waals surface area contributed by atoms with E-state index in [1.165, 1.54) is 0 Å². The Labute approximate surface area is 119 Å². The van der Waals surface area contributed by atoms with Crippen LogP contribution in [0.4, 0.5) is 5.69 Å². The van der Waals surface area contributed by atoms with Crippen molar-refractivity contribution in [3.8, 4) is 0 Å². The maximum atomic E-state index is 12.6. The first-order valence-electron chi connectivity index (χ1n) is 6.69. The minimum Gasteiger partial charge on any atom is -0.398 e. The van der Waals surface area contributed by atoms with Gasteiger partial charge in [-0.1, -0.05) is 26.0 Å². The van der Waals surface area contributed by atoms with Gasteiger partial charge in [0.2, 0.25) is 0 Å². The van der Waals surface area contributed by atoms with Crippen molar-refractivity contribution in [2.75, 3.05) is 24.6 Å². The number of carbonyl (C=O) groups excluding carboxylic acids is 1. The van der Waals surface area contributed by atoms with E-state index in [1.807, 2.05) is 35.7 Å². The molecule has 0 unspecified atom stereocenters. The fourth-order valence-corrected chi connectivity index (χ4v) is 3.46. The second-order valence-electron chi connectivity index (χ2n) is 5.69. The molecular formula is C15H22N2OS. The third-order valence-corrected chi connectivity index (χ3v) is 5.02. The number of thioether (sulfide) groups is 1. The molecular weight excluding hydrogens is 256 g/mol. The number of hydrogen-bond donors (Lipinski definition) is 1. The van der Waals surface area contributed by atoms with Crippen LogP contribution in [-0.2, 0) is 0 Å². The Morgan fingerprint density at radius 1 is 1.37 bits per heavy atom. The number of nitrogens with zero attached hydrogens (tertiary/aromatic N) is 1. The summed E-state index contributed by atoms with van der Waals surface area (Å²) in [5.41, 5.74) is 8.19. The van der Waals surface area contributed by atoms with E-state index in [1.54, 1.807) is 6.07 Å². The van der Waals surface area contributed by atoms with Gasteiger partial charge in [0.15, 0.2) is 0 Å². The van der Waals surface area contributed by atoms with E-state index in [0.717, 1.165) is 30.8 Å². The summed E-state index contributed by atoms with van der Waals surface area (Å²) in [4.78, 5) is 14.6. The Kier molecular flexibility index (Phi) is 4.09. The van der Waals surface area contributed by atoms with Crippen LogP contribution in [-0.4, -0.2) is 34.4 Å². The van der Waals surface area contributed by atoms with Gasteiger partial charge in [0.25, 0.3) is 5.91 Å². The van der Waals surface area contributed by atoms with Gasteiger partial charge in [0, 0.05) is 29.3 Å². The van der Waals surface area contributed by atoms with Crippen LogP contribution in [0.5, 0.6) is 0 Å². The Balaban J connectivity index is 2.20. The molecule has 1 saturated heterocycles. The third kappa shape index (κ3) is 3.24.